The van der Waals surface area contributed by atoms with Crippen molar-refractivity contribution in [2.24, 2.45) is 0 Å². The van der Waals surface area contributed by atoms with Gasteiger partial charge in [0.05, 0.1) is 17.5 Å². The number of para-hydroxylation sites is 1. The van der Waals surface area contributed by atoms with Crippen LogP contribution in [0.2, 0.25) is 0 Å². The second kappa shape index (κ2) is 7.13. The Morgan fingerprint density at radius 1 is 1.25 bits per heavy atom. The minimum absolute atomic E-state index is 0.236. The van der Waals surface area contributed by atoms with Gasteiger partial charge >= 0.3 is 0 Å². The van der Waals surface area contributed by atoms with Crippen molar-refractivity contribution in [2.45, 2.75) is 24.3 Å². The van der Waals surface area contributed by atoms with Gasteiger partial charge in [-0.1, -0.05) is 28.1 Å². The van der Waals surface area contributed by atoms with E-state index in [2.05, 4.69) is 20.7 Å². The lowest BCUT2D eigenvalue weighted by Crippen LogP contribution is -2.42. The van der Waals surface area contributed by atoms with Crippen molar-refractivity contribution in [3.63, 3.8) is 0 Å². The largest absolute Gasteiger partial charge is 0.490 e. The van der Waals surface area contributed by atoms with Gasteiger partial charge in [-0.2, -0.15) is 0 Å². The highest BCUT2D eigenvalue weighted by atomic mass is 79.9. The Kier molecular flexibility index (Phi) is 5.12. The van der Waals surface area contributed by atoms with Crippen molar-refractivity contribution in [3.05, 3.63) is 52.5 Å². The number of fused-ring (bicyclic) bond motifs is 1. The van der Waals surface area contributed by atoms with Crippen molar-refractivity contribution >= 4 is 26.0 Å². The van der Waals surface area contributed by atoms with Crippen LogP contribution < -0.4 is 14.2 Å². The van der Waals surface area contributed by atoms with Crippen LogP contribution in [0.5, 0.6) is 11.5 Å². The first-order valence-corrected chi connectivity index (χ1v) is 9.92. The molecule has 0 amide bonds. The molecule has 0 aromatic heterocycles. The molecule has 1 N–H and O–H groups in total. The molecular formula is C17H18BrNO4S. The fourth-order valence-electron chi connectivity index (χ4n) is 2.64. The number of rotatable bonds is 5. The summed E-state index contributed by atoms with van der Waals surface area (Å²) in [6, 6.07) is 11.9. The topological polar surface area (TPSA) is 64.6 Å². The van der Waals surface area contributed by atoms with Gasteiger partial charge in [-0.3, -0.25) is 0 Å². The molecule has 0 saturated carbocycles. The summed E-state index contributed by atoms with van der Waals surface area (Å²) in [7, 11) is -3.58. The summed E-state index contributed by atoms with van der Waals surface area (Å²) >= 11 is 3.30. The van der Waals surface area contributed by atoms with Gasteiger partial charge < -0.3 is 9.47 Å². The van der Waals surface area contributed by atoms with Crippen LogP contribution in [0.15, 0.2) is 51.8 Å². The molecule has 1 aliphatic rings. The van der Waals surface area contributed by atoms with E-state index in [4.69, 9.17) is 9.47 Å². The van der Waals surface area contributed by atoms with Crippen molar-refractivity contribution < 1.29 is 17.9 Å². The van der Waals surface area contributed by atoms with Gasteiger partial charge in [-0.15, -0.1) is 0 Å². The van der Waals surface area contributed by atoms with E-state index in [0.717, 1.165) is 10.0 Å². The van der Waals surface area contributed by atoms with Crippen LogP contribution in [0.1, 0.15) is 12.5 Å². The maximum absolute atomic E-state index is 12.5. The van der Waals surface area contributed by atoms with Crippen LogP contribution in [0.25, 0.3) is 0 Å². The molecule has 0 spiro atoms. The molecule has 0 fully saturated rings. The lowest BCUT2D eigenvalue weighted by Gasteiger charge is -2.27. The quantitative estimate of drug-likeness (QED) is 0.820. The van der Waals surface area contributed by atoms with Gasteiger partial charge in [0.1, 0.15) is 6.61 Å². The number of sulfonamides is 1. The molecule has 5 nitrogen and oxygen atoms in total. The number of benzene rings is 2. The van der Waals surface area contributed by atoms with Gasteiger partial charge in [0.2, 0.25) is 10.0 Å². The molecule has 24 heavy (non-hydrogen) atoms. The predicted octanol–water partition coefficient (Wildman–Crippen LogP) is 3.13. The average molecular weight is 412 g/mol. The number of halogens is 1. The Hall–Kier alpha value is -1.57. The van der Waals surface area contributed by atoms with E-state index in [9.17, 15) is 8.42 Å². The fraction of sp³-hybridized carbons (Fsp3) is 0.294. The summed E-state index contributed by atoms with van der Waals surface area (Å²) < 4.78 is 39.8. The highest BCUT2D eigenvalue weighted by molar-refractivity contribution is 9.10. The zero-order chi connectivity index (χ0) is 17.2. The average Bonchev–Trinajstić information content (AvgIpc) is 2.55. The van der Waals surface area contributed by atoms with Gasteiger partial charge in [-0.25, -0.2) is 13.1 Å². The van der Waals surface area contributed by atoms with E-state index in [1.807, 2.05) is 25.1 Å². The highest BCUT2D eigenvalue weighted by Gasteiger charge is 2.27. The van der Waals surface area contributed by atoms with E-state index < -0.39 is 10.0 Å². The summed E-state index contributed by atoms with van der Waals surface area (Å²) in [6.07, 6.45) is 0.562. The molecule has 128 valence electrons. The van der Waals surface area contributed by atoms with E-state index in [1.54, 1.807) is 24.3 Å². The number of hydrogen-bond donors (Lipinski definition) is 1. The molecule has 3 rings (SSSR count). The third kappa shape index (κ3) is 3.74. The maximum atomic E-state index is 12.5. The first-order valence-electron chi connectivity index (χ1n) is 7.65. The first kappa shape index (κ1) is 17.3. The summed E-state index contributed by atoms with van der Waals surface area (Å²) in [6.45, 7) is 2.74. The monoisotopic (exact) mass is 411 g/mol. The van der Waals surface area contributed by atoms with Crippen molar-refractivity contribution in [2.75, 3.05) is 13.2 Å². The number of nitrogens with one attached hydrogen (secondary N) is 1. The molecule has 0 aliphatic carbocycles. The normalized spacial score (nSPS) is 17.0. The molecule has 0 saturated heterocycles. The van der Waals surface area contributed by atoms with Crippen LogP contribution >= 0.6 is 15.9 Å². The molecule has 2 aromatic rings. The summed E-state index contributed by atoms with van der Waals surface area (Å²) in [4.78, 5) is 0.236. The van der Waals surface area contributed by atoms with E-state index in [0.29, 0.717) is 24.5 Å². The summed E-state index contributed by atoms with van der Waals surface area (Å²) in [5, 5.41) is 0. The van der Waals surface area contributed by atoms with Crippen LogP contribution in [0, 0.1) is 0 Å². The molecule has 1 aliphatic heterocycles. The lowest BCUT2D eigenvalue weighted by molar-refractivity contribution is 0.233. The Morgan fingerprint density at radius 3 is 2.71 bits per heavy atom. The maximum Gasteiger partial charge on any atom is 0.240 e. The summed E-state index contributed by atoms with van der Waals surface area (Å²) in [5.74, 6) is 1.41. The molecule has 1 heterocycles. The van der Waals surface area contributed by atoms with Crippen molar-refractivity contribution in [1.82, 2.24) is 4.72 Å². The molecule has 0 bridgehead atoms. The Morgan fingerprint density at radius 2 is 2.00 bits per heavy atom. The molecule has 2 aromatic carbocycles. The van der Waals surface area contributed by atoms with Crippen molar-refractivity contribution in [1.29, 1.82) is 0 Å². The van der Waals surface area contributed by atoms with Crippen LogP contribution in [-0.2, 0) is 16.4 Å². The highest BCUT2D eigenvalue weighted by Crippen LogP contribution is 2.35. The number of hydrogen-bond acceptors (Lipinski definition) is 4. The zero-order valence-electron chi connectivity index (χ0n) is 13.2. The SMILES string of the molecule is CCOc1cccc2c1OC[C@H](NS(=O)(=O)c1ccc(Br)cc1)C2. The molecular weight excluding hydrogens is 394 g/mol. The second-order valence-electron chi connectivity index (χ2n) is 5.46. The Labute approximate surface area is 150 Å². The third-order valence-corrected chi connectivity index (χ3v) is 5.77. The molecule has 0 unspecified atom stereocenters. The molecule has 7 heteroatoms. The van der Waals surface area contributed by atoms with Crippen LogP contribution in [0.3, 0.4) is 0 Å². The van der Waals surface area contributed by atoms with E-state index in [1.165, 1.54) is 0 Å². The van der Waals surface area contributed by atoms with Crippen LogP contribution in [0.4, 0.5) is 0 Å². The van der Waals surface area contributed by atoms with Crippen LogP contribution in [-0.4, -0.2) is 27.7 Å². The smallest absolute Gasteiger partial charge is 0.240 e. The van der Waals surface area contributed by atoms with Gasteiger partial charge in [-0.05, 0) is 49.2 Å². The van der Waals surface area contributed by atoms with Gasteiger partial charge in [0.25, 0.3) is 0 Å². The summed E-state index contributed by atoms with van der Waals surface area (Å²) in [5.41, 5.74) is 0.940. The zero-order valence-corrected chi connectivity index (χ0v) is 15.6. The fourth-order valence-corrected chi connectivity index (χ4v) is 4.13. The third-order valence-electron chi connectivity index (χ3n) is 3.70. The lowest BCUT2D eigenvalue weighted by atomic mass is 10.0. The minimum atomic E-state index is -3.58. The van der Waals surface area contributed by atoms with Gasteiger partial charge in [0.15, 0.2) is 11.5 Å². The van der Waals surface area contributed by atoms with E-state index in [-0.39, 0.29) is 17.5 Å². The van der Waals surface area contributed by atoms with E-state index >= 15 is 0 Å². The second-order valence-corrected chi connectivity index (χ2v) is 8.09. The predicted molar refractivity (Wildman–Crippen MR) is 95.1 cm³/mol. The minimum Gasteiger partial charge on any atom is -0.490 e. The Balaban J connectivity index is 1.76. The molecule has 1 atom stereocenters. The molecule has 0 radical (unpaired) electrons. The van der Waals surface area contributed by atoms with Gasteiger partial charge in [0, 0.05) is 4.47 Å². The van der Waals surface area contributed by atoms with Crippen molar-refractivity contribution in [3.8, 4) is 11.5 Å². The number of ether oxygens (including phenoxy) is 2. The standard InChI is InChI=1S/C17H18BrNO4S/c1-2-22-16-5-3-4-12-10-14(11-23-17(12)16)19-24(20,21)15-8-6-13(18)7-9-15/h3-9,14,19H,2,10-11H2,1H3/t14-/m1/s1. The Bertz CT molecular complexity index is 821. The first-order chi connectivity index (χ1) is 11.5.